The third-order valence-corrected chi connectivity index (χ3v) is 3.40. The molecule has 1 aromatic rings. The van der Waals surface area contributed by atoms with Crippen LogP contribution in [-0.2, 0) is 9.59 Å². The minimum atomic E-state index is -0.239. The highest BCUT2D eigenvalue weighted by Crippen LogP contribution is 2.26. The third-order valence-electron chi connectivity index (χ3n) is 2.87. The number of nitrogens with zero attached hydrogens (tertiary/aromatic N) is 1. The van der Waals surface area contributed by atoms with Gasteiger partial charge in [0.25, 0.3) is 11.8 Å². The predicted octanol–water partition coefficient (Wildman–Crippen LogP) is 2.83. The van der Waals surface area contributed by atoms with Gasteiger partial charge in [-0.25, -0.2) is 0 Å². The lowest BCUT2D eigenvalue weighted by Gasteiger charge is -2.23. The van der Waals surface area contributed by atoms with Gasteiger partial charge in [-0.15, -0.1) is 0 Å². The number of carbonyl (C=O) groups excluding carboxylic acids is 2. The van der Waals surface area contributed by atoms with Gasteiger partial charge in [-0.2, -0.15) is 0 Å². The number of carbonyl (C=O) groups is 2. The van der Waals surface area contributed by atoms with Crippen LogP contribution in [-0.4, -0.2) is 16.7 Å². The number of halogens is 1. The van der Waals surface area contributed by atoms with Gasteiger partial charge in [-0.3, -0.25) is 14.5 Å². The van der Waals surface area contributed by atoms with Gasteiger partial charge < -0.3 is 0 Å². The molecule has 0 bridgehead atoms. The van der Waals surface area contributed by atoms with Crippen molar-refractivity contribution in [1.29, 1.82) is 0 Å². The highest BCUT2D eigenvalue weighted by Gasteiger charge is 2.32. The molecule has 0 N–H and O–H groups in total. The first-order valence-electron chi connectivity index (χ1n) is 5.32. The largest absolute Gasteiger partial charge is 0.269 e. The number of amides is 2. The van der Waals surface area contributed by atoms with E-state index in [1.807, 2.05) is 31.2 Å². The van der Waals surface area contributed by atoms with Gasteiger partial charge in [-0.1, -0.05) is 28.1 Å². The van der Waals surface area contributed by atoms with Crippen LogP contribution in [0.4, 0.5) is 0 Å². The molecular formula is C13H12BrNO2. The lowest BCUT2D eigenvalue weighted by atomic mass is 10.1. The fourth-order valence-corrected chi connectivity index (χ4v) is 2.13. The summed E-state index contributed by atoms with van der Waals surface area (Å²) in [6, 6.07) is 7.37. The Balaban J connectivity index is 2.27. The van der Waals surface area contributed by atoms with E-state index in [9.17, 15) is 9.59 Å². The van der Waals surface area contributed by atoms with E-state index >= 15 is 0 Å². The van der Waals surface area contributed by atoms with Crippen LogP contribution in [0, 0.1) is 0 Å². The van der Waals surface area contributed by atoms with E-state index in [4.69, 9.17) is 0 Å². The van der Waals surface area contributed by atoms with Crippen LogP contribution >= 0.6 is 15.9 Å². The van der Waals surface area contributed by atoms with Crippen molar-refractivity contribution < 1.29 is 9.59 Å². The zero-order valence-corrected chi connectivity index (χ0v) is 11.2. The molecule has 0 spiro atoms. The Hall–Kier alpha value is -1.42. The van der Waals surface area contributed by atoms with Crippen molar-refractivity contribution in [2.75, 3.05) is 0 Å². The molecule has 1 atom stereocenters. The molecule has 2 amide bonds. The summed E-state index contributed by atoms with van der Waals surface area (Å²) in [4.78, 5) is 24.8. The maximum Gasteiger partial charge on any atom is 0.257 e. The molecule has 1 aliphatic heterocycles. The van der Waals surface area contributed by atoms with Crippen LogP contribution < -0.4 is 0 Å². The molecule has 0 saturated heterocycles. The number of hydrogen-bond acceptors (Lipinski definition) is 2. The summed E-state index contributed by atoms with van der Waals surface area (Å²) in [5.74, 6) is -0.437. The molecule has 0 aliphatic carbocycles. The van der Waals surface area contributed by atoms with E-state index in [0.29, 0.717) is 5.57 Å². The zero-order valence-electron chi connectivity index (χ0n) is 9.61. The normalized spacial score (nSPS) is 17.4. The van der Waals surface area contributed by atoms with Crippen molar-refractivity contribution in [2.45, 2.75) is 19.9 Å². The van der Waals surface area contributed by atoms with Crippen LogP contribution in [0.1, 0.15) is 25.5 Å². The first-order chi connectivity index (χ1) is 8.00. The van der Waals surface area contributed by atoms with Gasteiger partial charge in [0.2, 0.25) is 0 Å². The standard InChI is InChI=1S/C13H12BrNO2/c1-8-7-12(16)15(13(8)17)9(2)10-3-5-11(14)6-4-10/h3-7,9H,1-2H3. The molecule has 0 radical (unpaired) electrons. The van der Waals surface area contributed by atoms with E-state index in [2.05, 4.69) is 15.9 Å². The Morgan fingerprint density at radius 3 is 2.24 bits per heavy atom. The fraction of sp³-hybridized carbons (Fsp3) is 0.231. The number of rotatable bonds is 2. The molecule has 1 unspecified atom stereocenters. The lowest BCUT2D eigenvalue weighted by Crippen LogP contribution is -2.33. The Morgan fingerprint density at radius 1 is 1.18 bits per heavy atom. The highest BCUT2D eigenvalue weighted by molar-refractivity contribution is 9.10. The van der Waals surface area contributed by atoms with E-state index < -0.39 is 0 Å². The van der Waals surface area contributed by atoms with Crippen LogP contribution in [0.15, 0.2) is 40.4 Å². The molecule has 0 fully saturated rings. The van der Waals surface area contributed by atoms with E-state index in [1.165, 1.54) is 11.0 Å². The molecule has 1 aromatic carbocycles. The van der Waals surface area contributed by atoms with Crippen LogP contribution in [0.3, 0.4) is 0 Å². The SMILES string of the molecule is CC1=CC(=O)N(C(C)c2ccc(Br)cc2)C1=O. The molecule has 2 rings (SSSR count). The summed E-state index contributed by atoms with van der Waals surface area (Å²) in [5.41, 5.74) is 1.44. The van der Waals surface area contributed by atoms with Crippen LogP contribution in [0.2, 0.25) is 0 Å². The second-order valence-electron chi connectivity index (χ2n) is 4.07. The van der Waals surface area contributed by atoms with Gasteiger partial charge in [0.15, 0.2) is 0 Å². The quantitative estimate of drug-likeness (QED) is 0.787. The number of hydrogen-bond donors (Lipinski definition) is 0. The van der Waals surface area contributed by atoms with Crippen molar-refractivity contribution in [3.8, 4) is 0 Å². The molecule has 1 aliphatic rings. The minimum Gasteiger partial charge on any atom is -0.269 e. The smallest absolute Gasteiger partial charge is 0.257 e. The topological polar surface area (TPSA) is 37.4 Å². The maximum atomic E-state index is 11.8. The summed E-state index contributed by atoms with van der Waals surface area (Å²) in [6.07, 6.45) is 1.39. The average molecular weight is 294 g/mol. The molecule has 4 heteroatoms. The van der Waals surface area contributed by atoms with Crippen molar-refractivity contribution in [1.82, 2.24) is 4.90 Å². The Bertz CT molecular complexity index is 505. The number of benzene rings is 1. The molecule has 3 nitrogen and oxygen atoms in total. The van der Waals surface area contributed by atoms with E-state index in [1.54, 1.807) is 6.92 Å². The van der Waals surface area contributed by atoms with Crippen molar-refractivity contribution in [3.05, 3.63) is 46.0 Å². The summed E-state index contributed by atoms with van der Waals surface area (Å²) >= 11 is 3.35. The third kappa shape index (κ3) is 2.17. The van der Waals surface area contributed by atoms with Gasteiger partial charge in [0.1, 0.15) is 0 Å². The monoisotopic (exact) mass is 293 g/mol. The van der Waals surface area contributed by atoms with Crippen molar-refractivity contribution in [2.24, 2.45) is 0 Å². The minimum absolute atomic E-state index is 0.203. The summed E-state index contributed by atoms with van der Waals surface area (Å²) in [7, 11) is 0. The molecule has 0 saturated carbocycles. The van der Waals surface area contributed by atoms with Crippen LogP contribution in [0.5, 0.6) is 0 Å². The zero-order chi connectivity index (χ0) is 12.6. The maximum absolute atomic E-state index is 11.8. The van der Waals surface area contributed by atoms with E-state index in [0.717, 1.165) is 10.0 Å². The van der Waals surface area contributed by atoms with Gasteiger partial charge >= 0.3 is 0 Å². The first-order valence-corrected chi connectivity index (χ1v) is 6.11. The second kappa shape index (κ2) is 4.45. The van der Waals surface area contributed by atoms with Gasteiger partial charge in [0, 0.05) is 16.1 Å². The molecule has 88 valence electrons. The van der Waals surface area contributed by atoms with Crippen molar-refractivity contribution >= 4 is 27.7 Å². The molecule has 1 heterocycles. The first kappa shape index (κ1) is 12.0. The fourth-order valence-electron chi connectivity index (χ4n) is 1.86. The van der Waals surface area contributed by atoms with Gasteiger partial charge in [0.05, 0.1) is 6.04 Å². The molecule has 17 heavy (non-hydrogen) atoms. The number of imide groups is 1. The van der Waals surface area contributed by atoms with Crippen molar-refractivity contribution in [3.63, 3.8) is 0 Å². The lowest BCUT2D eigenvalue weighted by molar-refractivity contribution is -0.139. The summed E-state index contributed by atoms with van der Waals surface area (Å²) < 4.78 is 0.974. The van der Waals surface area contributed by atoms with Crippen LogP contribution in [0.25, 0.3) is 0 Å². The van der Waals surface area contributed by atoms with E-state index in [-0.39, 0.29) is 17.9 Å². The molecular weight excluding hydrogens is 282 g/mol. The predicted molar refractivity (Wildman–Crippen MR) is 68.2 cm³/mol. The van der Waals surface area contributed by atoms with Gasteiger partial charge in [-0.05, 0) is 31.5 Å². The summed E-state index contributed by atoms with van der Waals surface area (Å²) in [6.45, 7) is 3.51. The Labute approximate surface area is 108 Å². The highest BCUT2D eigenvalue weighted by atomic mass is 79.9. The summed E-state index contributed by atoms with van der Waals surface area (Å²) in [5, 5.41) is 0. The Morgan fingerprint density at radius 2 is 1.76 bits per heavy atom. The average Bonchev–Trinajstić information content (AvgIpc) is 2.53. The Kier molecular flexibility index (Phi) is 3.15. The molecule has 0 aromatic heterocycles. The second-order valence-corrected chi connectivity index (χ2v) is 4.98.